The highest BCUT2D eigenvalue weighted by molar-refractivity contribution is 5.76. The number of benzene rings is 1. The molecule has 80 valence electrons. The van der Waals surface area contributed by atoms with Gasteiger partial charge in [0.25, 0.3) is 0 Å². The van der Waals surface area contributed by atoms with E-state index in [0.717, 1.165) is 6.20 Å². The van der Waals surface area contributed by atoms with Gasteiger partial charge in [-0.1, -0.05) is 12.1 Å². The predicted octanol–water partition coefficient (Wildman–Crippen LogP) is 2.20. The van der Waals surface area contributed by atoms with Crippen LogP contribution in [0.15, 0.2) is 36.3 Å². The molecule has 1 aromatic rings. The SMILES string of the molecule is NC1=CNc2ccccc2N1C(F)(F)F. The fraction of sp³-hybridized carbons (Fsp3) is 0.111. The lowest BCUT2D eigenvalue weighted by molar-refractivity contribution is -0.124. The lowest BCUT2D eigenvalue weighted by Crippen LogP contribution is -2.42. The number of nitrogens with two attached hydrogens (primary N) is 1. The largest absolute Gasteiger partial charge is 0.490 e. The number of nitrogens with zero attached hydrogens (tertiary/aromatic N) is 1. The van der Waals surface area contributed by atoms with Crippen molar-refractivity contribution < 1.29 is 13.2 Å². The van der Waals surface area contributed by atoms with E-state index < -0.39 is 6.30 Å². The van der Waals surface area contributed by atoms with Gasteiger partial charge in [0.1, 0.15) is 5.82 Å². The van der Waals surface area contributed by atoms with Crippen molar-refractivity contribution in [1.82, 2.24) is 0 Å². The van der Waals surface area contributed by atoms with Gasteiger partial charge in [-0.05, 0) is 12.1 Å². The Kier molecular flexibility index (Phi) is 1.99. The van der Waals surface area contributed by atoms with Gasteiger partial charge in [-0.15, -0.1) is 13.2 Å². The highest BCUT2D eigenvalue weighted by Crippen LogP contribution is 2.38. The van der Waals surface area contributed by atoms with Crippen molar-refractivity contribution in [2.24, 2.45) is 5.73 Å². The van der Waals surface area contributed by atoms with E-state index in [-0.39, 0.29) is 16.4 Å². The average molecular weight is 215 g/mol. The molecule has 0 unspecified atom stereocenters. The number of fused-ring (bicyclic) bond motifs is 1. The van der Waals surface area contributed by atoms with E-state index in [9.17, 15) is 13.2 Å². The molecule has 0 spiro atoms. The number of hydrogen-bond acceptors (Lipinski definition) is 3. The van der Waals surface area contributed by atoms with Crippen molar-refractivity contribution in [3.8, 4) is 0 Å². The van der Waals surface area contributed by atoms with Crippen LogP contribution in [0.25, 0.3) is 0 Å². The number of halogens is 3. The number of para-hydroxylation sites is 2. The molecule has 0 saturated heterocycles. The standard InChI is InChI=1S/C9H8F3N3/c10-9(11,12)15-7-4-2-1-3-6(7)14-5-8(15)13/h1-5,14H,13H2. The van der Waals surface area contributed by atoms with Crippen LogP contribution in [0.2, 0.25) is 0 Å². The molecule has 1 heterocycles. The van der Waals surface area contributed by atoms with Gasteiger partial charge in [0.2, 0.25) is 0 Å². The molecule has 2 rings (SSSR count). The number of hydrogen-bond donors (Lipinski definition) is 2. The minimum atomic E-state index is -4.52. The van der Waals surface area contributed by atoms with Crippen LogP contribution in [0.1, 0.15) is 0 Å². The first-order chi connectivity index (χ1) is 7.00. The van der Waals surface area contributed by atoms with E-state index in [0.29, 0.717) is 5.69 Å². The van der Waals surface area contributed by atoms with E-state index in [1.165, 1.54) is 12.1 Å². The van der Waals surface area contributed by atoms with Gasteiger partial charge < -0.3 is 11.1 Å². The Morgan fingerprint density at radius 3 is 2.53 bits per heavy atom. The van der Waals surface area contributed by atoms with E-state index >= 15 is 0 Å². The van der Waals surface area contributed by atoms with Crippen molar-refractivity contribution >= 4 is 11.4 Å². The molecular formula is C9H8F3N3. The molecule has 3 nitrogen and oxygen atoms in total. The highest BCUT2D eigenvalue weighted by Gasteiger charge is 2.41. The zero-order chi connectivity index (χ0) is 11.1. The van der Waals surface area contributed by atoms with Gasteiger partial charge in [0.05, 0.1) is 11.4 Å². The molecule has 0 fully saturated rings. The first-order valence-corrected chi connectivity index (χ1v) is 4.18. The highest BCUT2D eigenvalue weighted by atomic mass is 19.4. The van der Waals surface area contributed by atoms with Crippen LogP contribution in [0.5, 0.6) is 0 Å². The van der Waals surface area contributed by atoms with Crippen molar-refractivity contribution in [3.63, 3.8) is 0 Å². The maximum atomic E-state index is 12.6. The van der Waals surface area contributed by atoms with Gasteiger partial charge in [-0.25, -0.2) is 4.90 Å². The van der Waals surface area contributed by atoms with Gasteiger partial charge in [0, 0.05) is 6.20 Å². The lowest BCUT2D eigenvalue weighted by atomic mass is 10.2. The molecule has 1 aliphatic rings. The smallest absolute Gasteiger partial charge is 0.384 e. The topological polar surface area (TPSA) is 41.3 Å². The molecule has 6 heteroatoms. The number of nitrogens with one attached hydrogen (secondary N) is 1. The third-order valence-corrected chi connectivity index (χ3v) is 2.03. The fourth-order valence-electron chi connectivity index (χ4n) is 1.43. The van der Waals surface area contributed by atoms with Gasteiger partial charge in [-0.2, -0.15) is 0 Å². The average Bonchev–Trinajstić information content (AvgIpc) is 2.15. The summed E-state index contributed by atoms with van der Waals surface area (Å²) in [7, 11) is 0. The van der Waals surface area contributed by atoms with Crippen molar-refractivity contribution in [3.05, 3.63) is 36.3 Å². The molecule has 1 aliphatic heterocycles. The minimum absolute atomic E-state index is 0.00463. The lowest BCUT2D eigenvalue weighted by Gasteiger charge is -2.31. The molecule has 0 aliphatic carbocycles. The van der Waals surface area contributed by atoms with E-state index in [4.69, 9.17) is 5.73 Å². The second-order valence-electron chi connectivity index (χ2n) is 3.03. The van der Waals surface area contributed by atoms with Gasteiger partial charge in [-0.3, -0.25) is 0 Å². The molecule has 0 radical (unpaired) electrons. The van der Waals surface area contributed by atoms with Crippen LogP contribution in [-0.2, 0) is 0 Å². The summed E-state index contributed by atoms with van der Waals surface area (Å²) in [6, 6.07) is 6.08. The molecular weight excluding hydrogens is 207 g/mol. The predicted molar refractivity (Wildman–Crippen MR) is 50.9 cm³/mol. The molecule has 0 amide bonds. The minimum Gasteiger partial charge on any atom is -0.384 e. The van der Waals surface area contributed by atoms with Gasteiger partial charge >= 0.3 is 6.30 Å². The molecule has 1 aromatic carbocycles. The Labute approximate surface area is 84.0 Å². The van der Waals surface area contributed by atoms with E-state index in [1.807, 2.05) is 0 Å². The summed E-state index contributed by atoms with van der Waals surface area (Å²) in [5.74, 6) is -0.374. The Balaban J connectivity index is 2.52. The quantitative estimate of drug-likeness (QED) is 0.652. The van der Waals surface area contributed by atoms with Crippen LogP contribution < -0.4 is 16.0 Å². The maximum Gasteiger partial charge on any atom is 0.490 e. The van der Waals surface area contributed by atoms with Crippen molar-refractivity contribution in [2.75, 3.05) is 10.2 Å². The summed E-state index contributed by atoms with van der Waals surface area (Å²) in [4.78, 5) is 0.138. The van der Waals surface area contributed by atoms with E-state index in [2.05, 4.69) is 5.32 Å². The van der Waals surface area contributed by atoms with Crippen molar-refractivity contribution in [1.29, 1.82) is 0 Å². The number of anilines is 2. The second kappa shape index (κ2) is 3.08. The second-order valence-corrected chi connectivity index (χ2v) is 3.03. The molecule has 15 heavy (non-hydrogen) atoms. The Morgan fingerprint density at radius 2 is 1.87 bits per heavy atom. The Bertz CT molecular complexity index is 411. The number of alkyl halides is 3. The van der Waals surface area contributed by atoms with Crippen LogP contribution in [0.4, 0.5) is 24.5 Å². The molecule has 3 N–H and O–H groups in total. The summed E-state index contributed by atoms with van der Waals surface area (Å²) in [5.41, 5.74) is 5.67. The first kappa shape index (κ1) is 9.70. The van der Waals surface area contributed by atoms with Crippen LogP contribution in [0.3, 0.4) is 0 Å². The molecule has 0 atom stereocenters. The molecule has 0 bridgehead atoms. The van der Waals surface area contributed by atoms with Crippen LogP contribution in [-0.4, -0.2) is 6.30 Å². The fourth-order valence-corrected chi connectivity index (χ4v) is 1.43. The zero-order valence-corrected chi connectivity index (χ0v) is 7.55. The van der Waals surface area contributed by atoms with Crippen LogP contribution in [0, 0.1) is 0 Å². The summed E-state index contributed by atoms with van der Waals surface area (Å²) >= 11 is 0. The monoisotopic (exact) mass is 215 g/mol. The Hall–Kier alpha value is -1.85. The Morgan fingerprint density at radius 1 is 1.20 bits per heavy atom. The summed E-state index contributed by atoms with van der Waals surface area (Å²) in [5, 5.41) is 2.69. The zero-order valence-electron chi connectivity index (χ0n) is 7.55. The third kappa shape index (κ3) is 1.58. The normalized spacial score (nSPS) is 15.4. The number of rotatable bonds is 0. The first-order valence-electron chi connectivity index (χ1n) is 4.18. The summed E-state index contributed by atoms with van der Waals surface area (Å²) in [6.07, 6.45) is -3.39. The maximum absolute atomic E-state index is 12.6. The molecule has 0 aromatic heterocycles. The van der Waals surface area contributed by atoms with Gasteiger partial charge in [0.15, 0.2) is 0 Å². The van der Waals surface area contributed by atoms with Crippen LogP contribution >= 0.6 is 0 Å². The third-order valence-electron chi connectivity index (χ3n) is 2.03. The van der Waals surface area contributed by atoms with E-state index in [1.54, 1.807) is 12.1 Å². The summed E-state index contributed by atoms with van der Waals surface area (Å²) < 4.78 is 37.9. The summed E-state index contributed by atoms with van der Waals surface area (Å²) in [6.45, 7) is 0. The molecule has 0 saturated carbocycles. The van der Waals surface area contributed by atoms with Crippen molar-refractivity contribution in [2.45, 2.75) is 6.30 Å².